The van der Waals surface area contributed by atoms with Gasteiger partial charge in [0, 0.05) is 4.47 Å². The highest BCUT2D eigenvalue weighted by Crippen LogP contribution is 2.23. The first kappa shape index (κ1) is 15.1. The minimum atomic E-state index is -4.01. The molecule has 1 rings (SSSR count). The molecular formula is C10H11BrFNO4S. The van der Waals surface area contributed by atoms with Crippen molar-refractivity contribution in [1.82, 2.24) is 4.72 Å². The molecule has 0 saturated carbocycles. The Hall–Kier alpha value is -0.990. The topological polar surface area (TPSA) is 83.5 Å². The molecule has 1 aromatic carbocycles. The molecule has 0 spiro atoms. The van der Waals surface area contributed by atoms with Gasteiger partial charge in [-0.2, -0.15) is 4.72 Å². The fourth-order valence-electron chi connectivity index (χ4n) is 1.25. The predicted molar refractivity (Wildman–Crippen MR) is 66.1 cm³/mol. The number of nitrogens with one attached hydrogen (secondary N) is 1. The highest BCUT2D eigenvalue weighted by atomic mass is 79.9. The minimum Gasteiger partial charge on any atom is -0.480 e. The van der Waals surface area contributed by atoms with Crippen LogP contribution >= 0.6 is 15.9 Å². The number of carbonyl (C=O) groups is 1. The molecule has 8 heteroatoms. The van der Waals surface area contributed by atoms with Crippen molar-refractivity contribution in [3.63, 3.8) is 0 Å². The van der Waals surface area contributed by atoms with Crippen LogP contribution in [0.4, 0.5) is 4.39 Å². The van der Waals surface area contributed by atoms with Gasteiger partial charge in [0.25, 0.3) is 0 Å². The van der Waals surface area contributed by atoms with Gasteiger partial charge in [-0.05, 0) is 40.5 Å². The van der Waals surface area contributed by atoms with Gasteiger partial charge in [0.2, 0.25) is 10.0 Å². The summed E-state index contributed by atoms with van der Waals surface area (Å²) in [5.74, 6) is -1.86. The third-order valence-electron chi connectivity index (χ3n) is 2.19. The number of aliphatic carboxylic acids is 1. The number of hydrogen-bond donors (Lipinski definition) is 2. The van der Waals surface area contributed by atoms with Crippen molar-refractivity contribution >= 4 is 31.9 Å². The molecule has 1 aromatic rings. The largest absolute Gasteiger partial charge is 0.480 e. The number of halogens is 2. The summed E-state index contributed by atoms with van der Waals surface area (Å²) in [6, 6.07) is 1.83. The highest BCUT2D eigenvalue weighted by molar-refractivity contribution is 9.10. The second-order valence-electron chi connectivity index (χ2n) is 3.50. The van der Waals surface area contributed by atoms with Crippen molar-refractivity contribution in [3.05, 3.63) is 28.5 Å². The fourth-order valence-corrected chi connectivity index (χ4v) is 3.57. The first-order valence-electron chi connectivity index (χ1n) is 4.98. The second-order valence-corrected chi connectivity index (χ2v) is 6.03. The van der Waals surface area contributed by atoms with E-state index in [1.165, 1.54) is 0 Å². The molecule has 0 bridgehead atoms. The lowest BCUT2D eigenvalue weighted by Gasteiger charge is -2.13. The van der Waals surface area contributed by atoms with Crippen molar-refractivity contribution in [3.8, 4) is 0 Å². The van der Waals surface area contributed by atoms with E-state index < -0.39 is 27.9 Å². The summed E-state index contributed by atoms with van der Waals surface area (Å²) in [5.41, 5.74) is 0. The molecule has 1 unspecified atom stereocenters. The van der Waals surface area contributed by atoms with Gasteiger partial charge in [-0.15, -0.1) is 0 Å². The quantitative estimate of drug-likeness (QED) is 0.855. The molecule has 0 saturated heterocycles. The van der Waals surface area contributed by atoms with Crippen LogP contribution < -0.4 is 4.72 Å². The smallest absolute Gasteiger partial charge is 0.321 e. The van der Waals surface area contributed by atoms with Crippen LogP contribution in [0.25, 0.3) is 0 Å². The van der Waals surface area contributed by atoms with E-state index in [0.29, 0.717) is 0 Å². The number of hydrogen-bond acceptors (Lipinski definition) is 3. The summed E-state index contributed by atoms with van der Waals surface area (Å²) in [6.07, 6.45) is 0.105. The zero-order chi connectivity index (χ0) is 13.9. The molecule has 0 aliphatic carbocycles. The maximum Gasteiger partial charge on any atom is 0.321 e. The highest BCUT2D eigenvalue weighted by Gasteiger charge is 2.25. The molecular weight excluding hydrogens is 329 g/mol. The van der Waals surface area contributed by atoms with E-state index in [4.69, 9.17) is 5.11 Å². The molecule has 0 aliphatic heterocycles. The third-order valence-corrected chi connectivity index (χ3v) is 4.64. The fraction of sp³-hybridized carbons (Fsp3) is 0.300. The van der Waals surface area contributed by atoms with Crippen LogP contribution in [-0.4, -0.2) is 25.5 Å². The second kappa shape index (κ2) is 5.77. The Morgan fingerprint density at radius 3 is 2.61 bits per heavy atom. The summed E-state index contributed by atoms with van der Waals surface area (Å²) >= 11 is 2.93. The van der Waals surface area contributed by atoms with Gasteiger partial charge in [-0.25, -0.2) is 12.8 Å². The van der Waals surface area contributed by atoms with Crippen LogP contribution in [0.5, 0.6) is 0 Å². The predicted octanol–water partition coefficient (Wildman–Crippen LogP) is 1.73. The lowest BCUT2D eigenvalue weighted by molar-refractivity contribution is -0.139. The van der Waals surface area contributed by atoms with E-state index in [9.17, 15) is 17.6 Å². The molecule has 0 fully saturated rings. The van der Waals surface area contributed by atoms with Gasteiger partial charge >= 0.3 is 5.97 Å². The van der Waals surface area contributed by atoms with Gasteiger partial charge in [-0.3, -0.25) is 4.79 Å². The molecule has 0 radical (unpaired) electrons. The van der Waals surface area contributed by atoms with Crippen molar-refractivity contribution in [1.29, 1.82) is 0 Å². The first-order chi connectivity index (χ1) is 8.27. The van der Waals surface area contributed by atoms with Gasteiger partial charge in [0.15, 0.2) is 0 Å². The SMILES string of the molecule is CCC(NS(=O)(=O)c1ccc(F)cc1Br)C(=O)O. The Labute approximate surface area is 112 Å². The summed E-state index contributed by atoms with van der Waals surface area (Å²) < 4.78 is 38.8. The van der Waals surface area contributed by atoms with E-state index in [0.717, 1.165) is 18.2 Å². The summed E-state index contributed by atoms with van der Waals surface area (Å²) in [5, 5.41) is 8.80. The van der Waals surface area contributed by atoms with Crippen LogP contribution in [0.3, 0.4) is 0 Å². The lowest BCUT2D eigenvalue weighted by Crippen LogP contribution is -2.40. The third kappa shape index (κ3) is 3.50. The van der Waals surface area contributed by atoms with E-state index in [2.05, 4.69) is 15.9 Å². The number of carboxylic acid groups (broad SMARTS) is 1. The number of carboxylic acids is 1. The average Bonchev–Trinajstić information content (AvgIpc) is 2.24. The summed E-state index contributed by atoms with van der Waals surface area (Å²) in [6.45, 7) is 1.54. The van der Waals surface area contributed by atoms with Gasteiger partial charge in [0.05, 0.1) is 4.90 Å². The Balaban J connectivity index is 3.10. The molecule has 2 N–H and O–H groups in total. The molecule has 0 aromatic heterocycles. The van der Waals surface area contributed by atoms with Crippen molar-refractivity contribution in [2.75, 3.05) is 0 Å². The average molecular weight is 340 g/mol. The molecule has 18 heavy (non-hydrogen) atoms. The Kier molecular flexibility index (Phi) is 4.83. The molecule has 5 nitrogen and oxygen atoms in total. The molecule has 1 atom stereocenters. The zero-order valence-corrected chi connectivity index (χ0v) is 11.8. The number of benzene rings is 1. The zero-order valence-electron chi connectivity index (χ0n) is 9.35. The Morgan fingerprint density at radius 1 is 1.56 bits per heavy atom. The summed E-state index contributed by atoms with van der Waals surface area (Å²) in [4.78, 5) is 10.6. The lowest BCUT2D eigenvalue weighted by atomic mass is 10.2. The molecule has 0 heterocycles. The van der Waals surface area contributed by atoms with Crippen LogP contribution in [-0.2, 0) is 14.8 Å². The minimum absolute atomic E-state index is 0.0373. The van der Waals surface area contributed by atoms with Crippen LogP contribution in [0.2, 0.25) is 0 Å². The van der Waals surface area contributed by atoms with E-state index >= 15 is 0 Å². The maximum absolute atomic E-state index is 12.9. The van der Waals surface area contributed by atoms with Crippen LogP contribution in [0.1, 0.15) is 13.3 Å². The van der Waals surface area contributed by atoms with Crippen molar-refractivity contribution in [2.24, 2.45) is 0 Å². The number of rotatable bonds is 5. The first-order valence-corrected chi connectivity index (χ1v) is 7.25. The standard InChI is InChI=1S/C10H11BrFNO4S/c1-2-8(10(14)15)13-18(16,17)9-4-3-6(12)5-7(9)11/h3-5,8,13H,2H2,1H3,(H,14,15). The number of sulfonamides is 1. The van der Waals surface area contributed by atoms with E-state index in [-0.39, 0.29) is 15.8 Å². The normalized spacial score (nSPS) is 13.3. The van der Waals surface area contributed by atoms with Gasteiger partial charge in [-0.1, -0.05) is 6.92 Å². The van der Waals surface area contributed by atoms with E-state index in [1.807, 2.05) is 4.72 Å². The molecule has 0 aliphatic rings. The monoisotopic (exact) mass is 339 g/mol. The van der Waals surface area contributed by atoms with Crippen LogP contribution in [0.15, 0.2) is 27.6 Å². The molecule has 100 valence electrons. The van der Waals surface area contributed by atoms with E-state index in [1.54, 1.807) is 6.92 Å². The van der Waals surface area contributed by atoms with Crippen molar-refractivity contribution < 1.29 is 22.7 Å². The van der Waals surface area contributed by atoms with Crippen molar-refractivity contribution in [2.45, 2.75) is 24.3 Å². The maximum atomic E-state index is 12.9. The van der Waals surface area contributed by atoms with Gasteiger partial charge < -0.3 is 5.11 Å². The van der Waals surface area contributed by atoms with Crippen LogP contribution in [0, 0.1) is 5.82 Å². The Bertz CT molecular complexity index is 561. The summed E-state index contributed by atoms with van der Waals surface area (Å²) in [7, 11) is -4.01. The van der Waals surface area contributed by atoms with Gasteiger partial charge in [0.1, 0.15) is 11.9 Å². The Morgan fingerprint density at radius 2 is 2.17 bits per heavy atom. The molecule has 0 amide bonds.